The molecule has 0 unspecified atom stereocenters. The lowest BCUT2D eigenvalue weighted by atomic mass is 10.2. The number of nitrogens with zero attached hydrogens (tertiary/aromatic N) is 1. The van der Waals surface area contributed by atoms with Crippen molar-refractivity contribution in [3.63, 3.8) is 0 Å². The molecule has 0 heterocycles. The van der Waals surface area contributed by atoms with Crippen molar-refractivity contribution in [2.45, 2.75) is 6.18 Å². The third kappa shape index (κ3) is 5.91. The summed E-state index contributed by atoms with van der Waals surface area (Å²) < 4.78 is 46.7. The highest BCUT2D eigenvalue weighted by Gasteiger charge is 2.31. The first kappa shape index (κ1) is 20.1. The summed E-state index contributed by atoms with van der Waals surface area (Å²) in [5.74, 6) is 0.251. The van der Waals surface area contributed by atoms with Crippen LogP contribution >= 0.6 is 24.5 Å². The Morgan fingerprint density at radius 3 is 2.12 bits per heavy atom. The summed E-state index contributed by atoms with van der Waals surface area (Å²) in [6, 6.07) is 7.76. The topological polar surface area (TPSA) is 61.6 Å². The highest BCUT2D eigenvalue weighted by molar-refractivity contribution is 7.75. The van der Waals surface area contributed by atoms with Crippen molar-refractivity contribution in [1.82, 2.24) is 0 Å². The van der Waals surface area contributed by atoms with Crippen LogP contribution in [0.1, 0.15) is 5.56 Å². The number of hydrogen-bond acceptors (Lipinski definition) is 5. The van der Waals surface area contributed by atoms with Gasteiger partial charge in [-0.05, 0) is 43.2 Å². The van der Waals surface area contributed by atoms with Crippen molar-refractivity contribution in [2.75, 3.05) is 7.11 Å². The molecule has 0 saturated heterocycles. The monoisotopic (exact) mass is 381 g/mol. The predicted molar refractivity (Wildman–Crippen MR) is 85.6 cm³/mol. The number of ether oxygens (including phenoxy) is 1. The average Bonchev–Trinajstić information content (AvgIpc) is 2.49. The number of nitro groups is 1. The molecular formula is C14H11ClF3NO4S. The number of benzene rings is 2. The molecule has 0 saturated carbocycles. The molecule has 0 aromatic heterocycles. The SMILES string of the molecule is COS.O=[N+]([O-])c1ccc(Oc2ccc(C(F)(F)F)cc2Cl)cc1. The second-order valence-electron chi connectivity index (χ2n) is 4.18. The van der Waals surface area contributed by atoms with Crippen LogP contribution in [-0.4, -0.2) is 12.0 Å². The Balaban J connectivity index is 0.000000891. The zero-order valence-electron chi connectivity index (χ0n) is 12.1. The van der Waals surface area contributed by atoms with E-state index in [1.807, 2.05) is 0 Å². The van der Waals surface area contributed by atoms with Gasteiger partial charge in [-0.3, -0.25) is 10.1 Å². The van der Waals surface area contributed by atoms with Gasteiger partial charge in [-0.15, -0.1) is 0 Å². The van der Waals surface area contributed by atoms with Gasteiger partial charge in [0.05, 0.1) is 15.5 Å². The van der Waals surface area contributed by atoms with Crippen LogP contribution < -0.4 is 4.74 Å². The molecule has 24 heavy (non-hydrogen) atoms. The van der Waals surface area contributed by atoms with Crippen LogP contribution in [-0.2, 0) is 10.4 Å². The molecule has 0 aliphatic heterocycles. The molecule has 2 aromatic rings. The largest absolute Gasteiger partial charge is 0.456 e. The maximum Gasteiger partial charge on any atom is 0.416 e. The first-order valence-electron chi connectivity index (χ1n) is 6.15. The fraction of sp³-hybridized carbons (Fsp3) is 0.143. The minimum absolute atomic E-state index is 0.0264. The smallest absolute Gasteiger partial charge is 0.416 e. The van der Waals surface area contributed by atoms with Crippen molar-refractivity contribution in [3.8, 4) is 11.5 Å². The molecule has 5 nitrogen and oxygen atoms in total. The Hall–Kier alpha value is -1.97. The Bertz CT molecular complexity index is 695. The van der Waals surface area contributed by atoms with E-state index in [0.29, 0.717) is 0 Å². The van der Waals surface area contributed by atoms with Gasteiger partial charge in [0.15, 0.2) is 0 Å². The summed E-state index contributed by atoms with van der Waals surface area (Å²) >= 11 is 9.02. The van der Waals surface area contributed by atoms with Gasteiger partial charge in [-0.25, -0.2) is 0 Å². The zero-order chi connectivity index (χ0) is 18.3. The van der Waals surface area contributed by atoms with Gasteiger partial charge in [-0.2, -0.15) is 13.2 Å². The molecule has 0 radical (unpaired) electrons. The number of hydrogen-bond donors (Lipinski definition) is 1. The molecule has 2 aromatic carbocycles. The maximum absolute atomic E-state index is 12.5. The molecule has 0 N–H and O–H groups in total. The summed E-state index contributed by atoms with van der Waals surface area (Å²) in [7, 11) is 1.49. The van der Waals surface area contributed by atoms with Crippen LogP contribution in [0.5, 0.6) is 11.5 Å². The average molecular weight is 382 g/mol. The second kappa shape index (κ2) is 8.76. The first-order chi connectivity index (χ1) is 11.2. The van der Waals surface area contributed by atoms with E-state index in [-0.39, 0.29) is 22.2 Å². The lowest BCUT2D eigenvalue weighted by Crippen LogP contribution is -2.04. The maximum atomic E-state index is 12.5. The quantitative estimate of drug-likeness (QED) is 0.328. The summed E-state index contributed by atoms with van der Waals surface area (Å²) in [5, 5.41) is 10.3. The number of rotatable bonds is 3. The van der Waals surface area contributed by atoms with Crippen LogP contribution in [0.15, 0.2) is 42.5 Å². The predicted octanol–water partition coefficient (Wildman–Crippen LogP) is 5.54. The third-order valence-electron chi connectivity index (χ3n) is 2.53. The van der Waals surface area contributed by atoms with E-state index in [2.05, 4.69) is 17.1 Å². The molecule has 0 spiro atoms. The van der Waals surface area contributed by atoms with E-state index in [0.717, 1.165) is 18.2 Å². The van der Waals surface area contributed by atoms with Gasteiger partial charge < -0.3 is 8.92 Å². The Kier molecular flexibility index (Phi) is 7.33. The fourth-order valence-corrected chi connectivity index (χ4v) is 1.74. The molecule has 0 atom stereocenters. The van der Waals surface area contributed by atoms with Gasteiger partial charge in [0.1, 0.15) is 11.5 Å². The lowest BCUT2D eigenvalue weighted by molar-refractivity contribution is -0.384. The zero-order valence-corrected chi connectivity index (χ0v) is 13.7. The molecule has 2 rings (SSSR count). The fourth-order valence-electron chi connectivity index (χ4n) is 1.52. The number of halogens is 4. The van der Waals surface area contributed by atoms with E-state index >= 15 is 0 Å². The van der Waals surface area contributed by atoms with Crippen LogP contribution in [0.2, 0.25) is 5.02 Å². The van der Waals surface area contributed by atoms with Crippen LogP contribution in [0.3, 0.4) is 0 Å². The van der Waals surface area contributed by atoms with Gasteiger partial charge in [-0.1, -0.05) is 11.6 Å². The third-order valence-corrected chi connectivity index (χ3v) is 2.83. The van der Waals surface area contributed by atoms with Crippen molar-refractivity contribution in [1.29, 1.82) is 0 Å². The van der Waals surface area contributed by atoms with Gasteiger partial charge >= 0.3 is 6.18 Å². The molecule has 0 fully saturated rings. The van der Waals surface area contributed by atoms with Crippen LogP contribution in [0.25, 0.3) is 0 Å². The molecule has 130 valence electrons. The number of thiol groups is 1. The van der Waals surface area contributed by atoms with E-state index in [1.165, 1.54) is 31.4 Å². The molecule has 0 aliphatic carbocycles. The molecule has 0 bridgehead atoms. The lowest BCUT2D eigenvalue weighted by Gasteiger charge is -2.11. The molecular weight excluding hydrogens is 371 g/mol. The van der Waals surface area contributed by atoms with E-state index in [9.17, 15) is 23.3 Å². The number of non-ortho nitro benzene ring substituents is 1. The first-order valence-corrected chi connectivity index (χ1v) is 6.90. The highest BCUT2D eigenvalue weighted by Crippen LogP contribution is 2.36. The summed E-state index contributed by atoms with van der Waals surface area (Å²) in [4.78, 5) is 9.92. The van der Waals surface area contributed by atoms with Crippen molar-refractivity contribution in [3.05, 3.63) is 63.2 Å². The highest BCUT2D eigenvalue weighted by atomic mass is 35.5. The Morgan fingerprint density at radius 1 is 1.17 bits per heavy atom. The van der Waals surface area contributed by atoms with Crippen molar-refractivity contribution >= 4 is 30.2 Å². The second-order valence-corrected chi connectivity index (χ2v) is 4.95. The van der Waals surface area contributed by atoms with Gasteiger partial charge in [0, 0.05) is 19.2 Å². The van der Waals surface area contributed by atoms with E-state index in [1.54, 1.807) is 0 Å². The summed E-state index contributed by atoms with van der Waals surface area (Å²) in [5.41, 5.74) is -1.01. The van der Waals surface area contributed by atoms with Gasteiger partial charge in [0.2, 0.25) is 0 Å². The number of nitro benzene ring substituents is 1. The minimum Gasteiger partial charge on any atom is -0.456 e. The summed E-state index contributed by atoms with van der Waals surface area (Å²) in [6.07, 6.45) is -4.49. The molecule has 10 heteroatoms. The minimum atomic E-state index is -4.49. The van der Waals surface area contributed by atoms with E-state index in [4.69, 9.17) is 16.3 Å². The normalized spacial score (nSPS) is 10.6. The van der Waals surface area contributed by atoms with Crippen molar-refractivity contribution < 1.29 is 27.0 Å². The standard InChI is InChI=1S/C13H7ClF3NO3.CH4OS/c14-11-7-8(13(15,16)17)1-6-12(11)21-10-4-2-9(3-5-10)18(19)20;1-2-3/h1-7H;3H,1H3. The summed E-state index contributed by atoms with van der Waals surface area (Å²) in [6.45, 7) is 0. The van der Waals surface area contributed by atoms with Crippen LogP contribution in [0.4, 0.5) is 18.9 Å². The van der Waals surface area contributed by atoms with Crippen LogP contribution in [0, 0.1) is 10.1 Å². The molecule has 0 aliphatic rings. The van der Waals surface area contributed by atoms with Gasteiger partial charge in [0.25, 0.3) is 5.69 Å². The molecule has 0 amide bonds. The Labute approximate surface area is 145 Å². The van der Waals surface area contributed by atoms with Crippen molar-refractivity contribution in [2.24, 2.45) is 0 Å². The Morgan fingerprint density at radius 2 is 1.71 bits per heavy atom. The van der Waals surface area contributed by atoms with E-state index < -0.39 is 16.7 Å². The number of alkyl halides is 3.